The molecule has 19 heavy (non-hydrogen) atoms. The summed E-state index contributed by atoms with van der Waals surface area (Å²) in [5, 5.41) is 9.60. The first-order chi connectivity index (χ1) is 9.08. The molecule has 3 nitrogen and oxygen atoms in total. The van der Waals surface area contributed by atoms with Crippen LogP contribution in [-0.2, 0) is 0 Å². The Labute approximate surface area is 115 Å². The van der Waals surface area contributed by atoms with E-state index in [2.05, 4.69) is 4.90 Å². The zero-order valence-corrected chi connectivity index (χ0v) is 11.7. The number of aliphatic hydroxyl groups is 1. The highest BCUT2D eigenvalue weighted by molar-refractivity contribution is 5.97. The van der Waals surface area contributed by atoms with Crippen LogP contribution >= 0.6 is 0 Å². The number of benzene rings is 1. The molecule has 1 aromatic carbocycles. The molecule has 0 aliphatic carbocycles. The molecular weight excluding hydrogens is 238 g/mol. The van der Waals surface area contributed by atoms with Gasteiger partial charge in [-0.1, -0.05) is 37.3 Å². The van der Waals surface area contributed by atoms with Crippen molar-refractivity contribution in [1.29, 1.82) is 0 Å². The molecule has 1 N–H and O–H groups in total. The van der Waals surface area contributed by atoms with E-state index < -0.39 is 0 Å². The van der Waals surface area contributed by atoms with Crippen molar-refractivity contribution in [2.75, 3.05) is 19.6 Å². The second-order valence-electron chi connectivity index (χ2n) is 5.68. The highest BCUT2D eigenvalue weighted by Crippen LogP contribution is 2.21. The van der Waals surface area contributed by atoms with Gasteiger partial charge in [0.25, 0.3) is 0 Å². The topological polar surface area (TPSA) is 40.5 Å². The molecule has 3 atom stereocenters. The highest BCUT2D eigenvalue weighted by Gasteiger charge is 2.28. The second-order valence-corrected chi connectivity index (χ2v) is 5.68. The first-order valence-electron chi connectivity index (χ1n) is 7.07. The summed E-state index contributed by atoms with van der Waals surface area (Å²) in [7, 11) is 0. The predicted octanol–water partition coefficient (Wildman–Crippen LogP) is 2.21. The number of likely N-dealkylation sites (tertiary alicyclic amines) is 1. The molecule has 0 radical (unpaired) electrons. The Morgan fingerprint density at radius 2 is 2.05 bits per heavy atom. The summed E-state index contributed by atoms with van der Waals surface area (Å²) >= 11 is 0. The average molecular weight is 261 g/mol. The normalized spacial score (nSPS) is 23.2. The second kappa shape index (κ2) is 6.31. The lowest BCUT2D eigenvalue weighted by Gasteiger charge is -2.20. The van der Waals surface area contributed by atoms with Crippen molar-refractivity contribution in [1.82, 2.24) is 4.90 Å². The summed E-state index contributed by atoms with van der Waals surface area (Å²) in [4.78, 5) is 14.6. The minimum absolute atomic E-state index is 0.00940. The molecule has 1 aliphatic heterocycles. The lowest BCUT2D eigenvalue weighted by Crippen LogP contribution is -2.31. The van der Waals surface area contributed by atoms with Crippen LogP contribution in [0.1, 0.15) is 30.6 Å². The molecule has 3 unspecified atom stereocenters. The summed E-state index contributed by atoms with van der Waals surface area (Å²) < 4.78 is 0. The van der Waals surface area contributed by atoms with E-state index in [9.17, 15) is 9.90 Å². The van der Waals surface area contributed by atoms with E-state index in [1.165, 1.54) is 0 Å². The number of carbonyl (C=O) groups is 1. The third-order valence-electron chi connectivity index (χ3n) is 4.03. The van der Waals surface area contributed by atoms with Crippen molar-refractivity contribution in [3.05, 3.63) is 35.9 Å². The molecule has 104 valence electrons. The van der Waals surface area contributed by atoms with Gasteiger partial charge in [0, 0.05) is 24.6 Å². The van der Waals surface area contributed by atoms with Crippen LogP contribution < -0.4 is 0 Å². The summed E-state index contributed by atoms with van der Waals surface area (Å²) in [5.41, 5.74) is 0.793. The average Bonchev–Trinajstić information content (AvgIpc) is 2.87. The third kappa shape index (κ3) is 3.64. The first kappa shape index (κ1) is 14.2. The molecule has 0 amide bonds. The minimum atomic E-state index is -0.245. The first-order valence-corrected chi connectivity index (χ1v) is 7.07. The van der Waals surface area contributed by atoms with Crippen LogP contribution in [0.5, 0.6) is 0 Å². The van der Waals surface area contributed by atoms with Crippen molar-refractivity contribution in [2.45, 2.75) is 26.4 Å². The van der Waals surface area contributed by atoms with Crippen molar-refractivity contribution < 1.29 is 9.90 Å². The monoisotopic (exact) mass is 261 g/mol. The Balaban J connectivity index is 1.88. The van der Waals surface area contributed by atoms with Gasteiger partial charge < -0.3 is 10.0 Å². The van der Waals surface area contributed by atoms with Gasteiger partial charge in [0.15, 0.2) is 5.78 Å². The quantitative estimate of drug-likeness (QED) is 0.826. The molecule has 0 saturated carbocycles. The van der Waals surface area contributed by atoms with E-state index in [0.29, 0.717) is 5.92 Å². The van der Waals surface area contributed by atoms with Gasteiger partial charge in [-0.2, -0.15) is 0 Å². The number of Topliss-reactive ketones (excluding diaryl/α,β-unsaturated/α-hetero) is 1. The molecule has 0 aromatic heterocycles. The van der Waals surface area contributed by atoms with Gasteiger partial charge in [-0.15, -0.1) is 0 Å². The van der Waals surface area contributed by atoms with Crippen LogP contribution in [0.25, 0.3) is 0 Å². The lowest BCUT2D eigenvalue weighted by atomic mass is 9.99. The Morgan fingerprint density at radius 3 is 2.63 bits per heavy atom. The summed E-state index contributed by atoms with van der Waals surface area (Å²) in [6.07, 6.45) is 0.786. The lowest BCUT2D eigenvalue weighted by molar-refractivity contribution is 0.0894. The Morgan fingerprint density at radius 1 is 1.37 bits per heavy atom. The fraction of sp³-hybridized carbons (Fsp3) is 0.562. The zero-order valence-electron chi connectivity index (χ0n) is 11.7. The minimum Gasteiger partial charge on any atom is -0.393 e. The number of carbonyl (C=O) groups excluding carboxylic acids is 1. The van der Waals surface area contributed by atoms with Crippen molar-refractivity contribution >= 4 is 5.78 Å². The van der Waals surface area contributed by atoms with E-state index >= 15 is 0 Å². The number of hydrogen-bond donors (Lipinski definition) is 1. The number of ketones is 1. The van der Waals surface area contributed by atoms with Gasteiger partial charge in [0.2, 0.25) is 0 Å². The van der Waals surface area contributed by atoms with Gasteiger partial charge in [-0.3, -0.25) is 4.79 Å². The molecule has 1 aromatic rings. The Hall–Kier alpha value is -1.19. The van der Waals surface area contributed by atoms with E-state index in [1.807, 2.05) is 44.2 Å². The predicted molar refractivity (Wildman–Crippen MR) is 76.2 cm³/mol. The van der Waals surface area contributed by atoms with Gasteiger partial charge in [0.1, 0.15) is 0 Å². The van der Waals surface area contributed by atoms with E-state index in [4.69, 9.17) is 0 Å². The molecule has 0 spiro atoms. The van der Waals surface area contributed by atoms with Crippen LogP contribution in [0.4, 0.5) is 0 Å². The van der Waals surface area contributed by atoms with Gasteiger partial charge in [-0.05, 0) is 25.8 Å². The summed E-state index contributed by atoms with van der Waals surface area (Å²) in [6, 6.07) is 9.48. The smallest absolute Gasteiger partial charge is 0.166 e. The molecule has 1 saturated heterocycles. The summed E-state index contributed by atoms with van der Waals surface area (Å²) in [6.45, 7) is 6.53. The van der Waals surface area contributed by atoms with Crippen LogP contribution in [0.2, 0.25) is 0 Å². The van der Waals surface area contributed by atoms with Crippen LogP contribution in [0.3, 0.4) is 0 Å². The standard InChI is InChI=1S/C16H23NO2/c1-12(16(19)14-6-4-3-5-7-14)10-17-9-8-15(11-17)13(2)18/h3-7,12-13,15,18H,8-11H2,1-2H3. The Bertz CT molecular complexity index is 416. The molecule has 1 aliphatic rings. The van der Waals surface area contributed by atoms with E-state index in [0.717, 1.165) is 31.6 Å². The van der Waals surface area contributed by atoms with E-state index in [1.54, 1.807) is 0 Å². The van der Waals surface area contributed by atoms with Crippen molar-refractivity contribution in [3.8, 4) is 0 Å². The van der Waals surface area contributed by atoms with Crippen LogP contribution in [0.15, 0.2) is 30.3 Å². The molecule has 2 rings (SSSR count). The van der Waals surface area contributed by atoms with Gasteiger partial charge in [0.05, 0.1) is 6.10 Å². The van der Waals surface area contributed by atoms with Crippen molar-refractivity contribution in [3.63, 3.8) is 0 Å². The largest absolute Gasteiger partial charge is 0.393 e. The number of hydrogen-bond acceptors (Lipinski definition) is 3. The number of aliphatic hydroxyl groups excluding tert-OH is 1. The van der Waals surface area contributed by atoms with Crippen molar-refractivity contribution in [2.24, 2.45) is 11.8 Å². The molecular formula is C16H23NO2. The maximum atomic E-state index is 12.3. The Kier molecular flexibility index (Phi) is 4.72. The van der Waals surface area contributed by atoms with Gasteiger partial charge >= 0.3 is 0 Å². The van der Waals surface area contributed by atoms with Crippen LogP contribution in [0, 0.1) is 11.8 Å². The molecule has 1 fully saturated rings. The number of nitrogens with zero attached hydrogens (tertiary/aromatic N) is 1. The fourth-order valence-corrected chi connectivity index (χ4v) is 2.78. The zero-order chi connectivity index (χ0) is 13.8. The highest BCUT2D eigenvalue weighted by atomic mass is 16.3. The molecule has 3 heteroatoms. The van der Waals surface area contributed by atoms with Gasteiger partial charge in [-0.25, -0.2) is 0 Å². The summed E-state index contributed by atoms with van der Waals surface area (Å²) in [5.74, 6) is 0.579. The number of rotatable bonds is 5. The maximum absolute atomic E-state index is 12.3. The SMILES string of the molecule is CC(CN1CCC(C(C)O)C1)C(=O)c1ccccc1. The molecule has 0 bridgehead atoms. The van der Waals surface area contributed by atoms with E-state index in [-0.39, 0.29) is 17.8 Å². The van der Waals surface area contributed by atoms with Crippen LogP contribution in [-0.4, -0.2) is 41.5 Å². The molecule has 1 heterocycles. The third-order valence-corrected chi connectivity index (χ3v) is 4.03. The maximum Gasteiger partial charge on any atom is 0.166 e. The fourth-order valence-electron chi connectivity index (χ4n) is 2.78.